The van der Waals surface area contributed by atoms with Gasteiger partial charge in [-0.2, -0.15) is 5.10 Å². The van der Waals surface area contributed by atoms with Gasteiger partial charge in [-0.1, -0.05) is 66.7 Å². The van der Waals surface area contributed by atoms with Gasteiger partial charge in [0.1, 0.15) is 18.0 Å². The Labute approximate surface area is 222 Å². The SMILES string of the molecule is COc1ccc(NC(=O)CC(=O)N2N=C(N(c3ccccc3)c3ccccc3)C[C@@H]2c2ccccc2)cc1. The Balaban J connectivity index is 1.43. The number of methoxy groups -OCH3 is 1. The highest BCUT2D eigenvalue weighted by Crippen LogP contribution is 2.36. The molecule has 4 aromatic rings. The number of carbonyl (C=O) groups excluding carboxylic acids is 2. The number of hydrogen-bond donors (Lipinski definition) is 1. The highest BCUT2D eigenvalue weighted by molar-refractivity contribution is 6.08. The molecule has 38 heavy (non-hydrogen) atoms. The van der Waals surface area contributed by atoms with Crippen LogP contribution in [0.1, 0.15) is 24.4 Å². The molecule has 1 heterocycles. The van der Waals surface area contributed by atoms with E-state index in [1.54, 1.807) is 31.4 Å². The van der Waals surface area contributed by atoms with Crippen molar-refractivity contribution in [3.63, 3.8) is 0 Å². The van der Waals surface area contributed by atoms with E-state index in [-0.39, 0.29) is 18.4 Å². The van der Waals surface area contributed by atoms with Gasteiger partial charge in [0.15, 0.2) is 0 Å². The zero-order chi connectivity index (χ0) is 26.3. The van der Waals surface area contributed by atoms with Gasteiger partial charge in [0.05, 0.1) is 13.2 Å². The molecule has 0 bridgehead atoms. The molecule has 4 aromatic carbocycles. The molecular weight excluding hydrogens is 476 g/mol. The van der Waals surface area contributed by atoms with Crippen LogP contribution in [0.15, 0.2) is 120 Å². The van der Waals surface area contributed by atoms with E-state index in [1.807, 2.05) is 91.0 Å². The van der Waals surface area contributed by atoms with E-state index >= 15 is 0 Å². The molecule has 0 saturated carbocycles. The first-order chi connectivity index (χ1) is 18.6. The van der Waals surface area contributed by atoms with Crippen LogP contribution < -0.4 is 15.0 Å². The molecule has 7 heteroatoms. The standard InChI is InChI=1S/C31H28N4O3/c1-38-27-19-17-24(18-20-27)32-30(36)22-31(37)35-28(23-11-5-2-6-12-23)21-29(33-35)34(25-13-7-3-8-14-25)26-15-9-4-10-16-26/h2-20,28H,21-22H2,1H3,(H,32,36)/t28-/m1/s1. The van der Waals surface area contributed by atoms with Crippen molar-refractivity contribution in [1.29, 1.82) is 0 Å². The lowest BCUT2D eigenvalue weighted by Crippen LogP contribution is -2.30. The second-order valence-corrected chi connectivity index (χ2v) is 8.85. The summed E-state index contributed by atoms with van der Waals surface area (Å²) in [5, 5.41) is 9.05. The highest BCUT2D eigenvalue weighted by atomic mass is 16.5. The number of carbonyl (C=O) groups is 2. The number of nitrogens with one attached hydrogen (secondary N) is 1. The zero-order valence-corrected chi connectivity index (χ0v) is 21.0. The summed E-state index contributed by atoms with van der Waals surface area (Å²) in [7, 11) is 1.58. The third-order valence-corrected chi connectivity index (χ3v) is 6.31. The molecule has 1 atom stereocenters. The van der Waals surface area contributed by atoms with Crippen molar-refractivity contribution >= 4 is 34.7 Å². The maximum absolute atomic E-state index is 13.5. The molecule has 0 aromatic heterocycles. The van der Waals surface area contributed by atoms with Gasteiger partial charge < -0.3 is 10.1 Å². The Kier molecular flexibility index (Phi) is 7.45. The molecule has 0 spiro atoms. The predicted molar refractivity (Wildman–Crippen MR) is 149 cm³/mol. The van der Waals surface area contributed by atoms with Gasteiger partial charge in [0, 0.05) is 23.5 Å². The van der Waals surface area contributed by atoms with Crippen LogP contribution in [0, 0.1) is 0 Å². The summed E-state index contributed by atoms with van der Waals surface area (Å²) in [6, 6.07) is 36.3. The monoisotopic (exact) mass is 504 g/mol. The number of anilines is 3. The van der Waals surface area contributed by atoms with Gasteiger partial charge >= 0.3 is 0 Å². The zero-order valence-electron chi connectivity index (χ0n) is 21.0. The molecule has 7 nitrogen and oxygen atoms in total. The quantitative estimate of drug-likeness (QED) is 0.307. The van der Waals surface area contributed by atoms with Crippen LogP contribution in [0.5, 0.6) is 5.75 Å². The molecule has 1 aliphatic heterocycles. The first-order valence-corrected chi connectivity index (χ1v) is 12.4. The summed E-state index contributed by atoms with van der Waals surface area (Å²) in [4.78, 5) is 28.3. The summed E-state index contributed by atoms with van der Waals surface area (Å²) >= 11 is 0. The van der Waals surface area contributed by atoms with Crippen LogP contribution in [0.4, 0.5) is 17.1 Å². The van der Waals surface area contributed by atoms with Gasteiger partial charge in [-0.15, -0.1) is 0 Å². The fourth-order valence-corrected chi connectivity index (χ4v) is 4.49. The molecule has 5 rings (SSSR count). The number of nitrogens with zero attached hydrogens (tertiary/aromatic N) is 3. The fourth-order valence-electron chi connectivity index (χ4n) is 4.49. The van der Waals surface area contributed by atoms with E-state index in [4.69, 9.17) is 9.84 Å². The highest BCUT2D eigenvalue weighted by Gasteiger charge is 2.36. The maximum Gasteiger partial charge on any atom is 0.252 e. The molecule has 1 N–H and O–H groups in total. The smallest absolute Gasteiger partial charge is 0.252 e. The minimum Gasteiger partial charge on any atom is -0.497 e. The largest absolute Gasteiger partial charge is 0.497 e. The lowest BCUT2D eigenvalue weighted by Gasteiger charge is -2.24. The van der Waals surface area contributed by atoms with E-state index in [9.17, 15) is 9.59 Å². The first-order valence-electron chi connectivity index (χ1n) is 12.4. The van der Waals surface area contributed by atoms with E-state index in [0.717, 1.165) is 22.8 Å². The van der Waals surface area contributed by atoms with Crippen LogP contribution in [-0.4, -0.2) is 29.8 Å². The minimum atomic E-state index is -0.404. The van der Waals surface area contributed by atoms with Crippen LogP contribution >= 0.6 is 0 Å². The average Bonchev–Trinajstić information content (AvgIpc) is 3.40. The number of amidine groups is 1. The van der Waals surface area contributed by atoms with E-state index in [1.165, 1.54) is 5.01 Å². The second-order valence-electron chi connectivity index (χ2n) is 8.85. The van der Waals surface area contributed by atoms with Gasteiger partial charge in [-0.05, 0) is 54.1 Å². The average molecular weight is 505 g/mol. The number of benzene rings is 4. The van der Waals surface area contributed by atoms with Crippen molar-refractivity contribution in [3.05, 3.63) is 121 Å². The molecule has 0 unspecified atom stereocenters. The normalized spacial score (nSPS) is 14.5. The molecule has 2 amide bonds. The van der Waals surface area contributed by atoms with Crippen molar-refractivity contribution in [2.45, 2.75) is 18.9 Å². The van der Waals surface area contributed by atoms with Gasteiger partial charge in [-0.25, -0.2) is 5.01 Å². The molecule has 0 radical (unpaired) electrons. The van der Waals surface area contributed by atoms with Crippen molar-refractivity contribution in [1.82, 2.24) is 5.01 Å². The minimum absolute atomic E-state index is 0.331. The first kappa shape index (κ1) is 24.8. The molecule has 0 fully saturated rings. The number of para-hydroxylation sites is 2. The Morgan fingerprint density at radius 2 is 1.39 bits per heavy atom. The predicted octanol–water partition coefficient (Wildman–Crippen LogP) is 6.15. The van der Waals surface area contributed by atoms with E-state index in [2.05, 4.69) is 10.2 Å². The van der Waals surface area contributed by atoms with Gasteiger partial charge in [0.2, 0.25) is 5.91 Å². The number of hydrazone groups is 1. The number of hydrogen-bond acceptors (Lipinski definition) is 5. The van der Waals surface area contributed by atoms with Crippen LogP contribution in [0.25, 0.3) is 0 Å². The Hall–Kier alpha value is -4.91. The third-order valence-electron chi connectivity index (χ3n) is 6.31. The Bertz CT molecular complexity index is 1370. The summed E-state index contributed by atoms with van der Waals surface area (Å²) in [6.45, 7) is 0. The van der Waals surface area contributed by atoms with Crippen molar-refractivity contribution < 1.29 is 14.3 Å². The van der Waals surface area contributed by atoms with Crippen LogP contribution in [-0.2, 0) is 9.59 Å². The summed E-state index contributed by atoms with van der Waals surface area (Å²) in [5.74, 6) is 0.629. The van der Waals surface area contributed by atoms with E-state index in [0.29, 0.717) is 17.9 Å². The van der Waals surface area contributed by atoms with Crippen molar-refractivity contribution in [2.24, 2.45) is 5.10 Å². The van der Waals surface area contributed by atoms with E-state index < -0.39 is 5.91 Å². The summed E-state index contributed by atoms with van der Waals surface area (Å²) < 4.78 is 5.16. The molecule has 190 valence electrons. The number of rotatable bonds is 7. The second kappa shape index (κ2) is 11.4. The van der Waals surface area contributed by atoms with Crippen molar-refractivity contribution in [3.8, 4) is 5.75 Å². The van der Waals surface area contributed by atoms with Crippen molar-refractivity contribution in [2.75, 3.05) is 17.3 Å². The Morgan fingerprint density at radius 3 is 1.95 bits per heavy atom. The third kappa shape index (κ3) is 5.57. The van der Waals surface area contributed by atoms with Gasteiger partial charge in [0.25, 0.3) is 5.91 Å². The number of ether oxygens (including phenoxy) is 1. The summed E-state index contributed by atoms with van der Waals surface area (Å²) in [6.07, 6.45) is 0.169. The number of amides is 2. The maximum atomic E-state index is 13.5. The lowest BCUT2D eigenvalue weighted by atomic mass is 10.0. The van der Waals surface area contributed by atoms with Crippen LogP contribution in [0.3, 0.4) is 0 Å². The van der Waals surface area contributed by atoms with Gasteiger partial charge in [-0.3, -0.25) is 14.5 Å². The summed E-state index contributed by atoms with van der Waals surface area (Å²) in [5.41, 5.74) is 3.43. The fraction of sp³-hybridized carbons (Fsp3) is 0.129. The molecule has 0 saturated heterocycles. The Morgan fingerprint density at radius 1 is 0.842 bits per heavy atom. The molecule has 1 aliphatic rings. The topological polar surface area (TPSA) is 74.2 Å². The van der Waals surface area contributed by atoms with Crippen LogP contribution in [0.2, 0.25) is 0 Å². The molecule has 0 aliphatic carbocycles. The molecular formula is C31H28N4O3. The lowest BCUT2D eigenvalue weighted by molar-refractivity contribution is -0.136.